The third kappa shape index (κ3) is 3.77. The topological polar surface area (TPSA) is 79.4 Å². The van der Waals surface area contributed by atoms with Crippen molar-refractivity contribution < 1.29 is 13.2 Å². The van der Waals surface area contributed by atoms with Crippen molar-refractivity contribution in [2.24, 2.45) is 0 Å². The Kier molecular flexibility index (Phi) is 4.72. The van der Waals surface area contributed by atoms with Crippen molar-refractivity contribution in [2.75, 3.05) is 19.3 Å². The van der Waals surface area contributed by atoms with Crippen LogP contribution in [0.2, 0.25) is 0 Å². The second-order valence-electron chi connectivity index (χ2n) is 4.93. The van der Waals surface area contributed by atoms with E-state index in [2.05, 4.69) is 10.3 Å². The molecule has 7 heteroatoms. The van der Waals surface area contributed by atoms with Crippen LogP contribution in [0.1, 0.15) is 18.4 Å². The van der Waals surface area contributed by atoms with Crippen molar-refractivity contribution in [2.45, 2.75) is 25.3 Å². The van der Waals surface area contributed by atoms with Crippen LogP contribution in [0.25, 0.3) is 0 Å². The number of nitrogens with one attached hydrogen (secondary N) is 1. The van der Waals surface area contributed by atoms with Gasteiger partial charge in [0.2, 0.25) is 15.9 Å². The summed E-state index contributed by atoms with van der Waals surface area (Å²) in [5.41, 5.74) is 1.04. The predicted molar refractivity (Wildman–Crippen MR) is 75.5 cm³/mol. The molecule has 2 rings (SSSR count). The normalized spacial score (nSPS) is 19.9. The minimum Gasteiger partial charge on any atom is -0.354 e. The molecule has 0 saturated carbocycles. The fourth-order valence-electron chi connectivity index (χ4n) is 2.39. The van der Waals surface area contributed by atoms with E-state index < -0.39 is 16.1 Å². The van der Waals surface area contributed by atoms with Crippen LogP contribution in [-0.2, 0) is 21.2 Å². The maximum atomic E-state index is 12.1. The standard InChI is InChI=1S/C13H19N3O3S/c1-20(18,19)16-9-3-5-12(16)13(17)15-8-6-11-4-2-7-14-10-11/h2,4,7,10,12H,3,5-6,8-9H2,1H3,(H,15,17). The van der Waals surface area contributed by atoms with Gasteiger partial charge in [-0.25, -0.2) is 8.42 Å². The molecule has 1 aliphatic rings. The second-order valence-corrected chi connectivity index (χ2v) is 6.87. The Bertz CT molecular complexity index is 559. The number of carbonyl (C=O) groups is 1. The molecule has 1 aromatic rings. The zero-order valence-electron chi connectivity index (χ0n) is 11.4. The molecule has 1 saturated heterocycles. The Morgan fingerprint density at radius 2 is 2.35 bits per heavy atom. The average molecular weight is 297 g/mol. The molecule has 20 heavy (non-hydrogen) atoms. The lowest BCUT2D eigenvalue weighted by Crippen LogP contribution is -2.45. The minimum absolute atomic E-state index is 0.211. The van der Waals surface area contributed by atoms with Crippen LogP contribution in [0, 0.1) is 0 Å². The maximum absolute atomic E-state index is 12.1. The molecule has 110 valence electrons. The van der Waals surface area contributed by atoms with Gasteiger partial charge in [-0.2, -0.15) is 4.31 Å². The van der Waals surface area contributed by atoms with Crippen LogP contribution in [0.4, 0.5) is 0 Å². The molecule has 1 amide bonds. The van der Waals surface area contributed by atoms with Gasteiger partial charge in [-0.3, -0.25) is 9.78 Å². The zero-order valence-corrected chi connectivity index (χ0v) is 12.3. The van der Waals surface area contributed by atoms with E-state index in [1.807, 2.05) is 12.1 Å². The van der Waals surface area contributed by atoms with Gasteiger partial charge >= 0.3 is 0 Å². The van der Waals surface area contributed by atoms with Crippen LogP contribution in [0.3, 0.4) is 0 Å². The van der Waals surface area contributed by atoms with Crippen molar-refractivity contribution in [1.82, 2.24) is 14.6 Å². The summed E-state index contributed by atoms with van der Waals surface area (Å²) >= 11 is 0. The summed E-state index contributed by atoms with van der Waals surface area (Å²) in [5, 5.41) is 2.80. The number of aromatic nitrogens is 1. The number of carbonyl (C=O) groups excluding carboxylic acids is 1. The Hall–Kier alpha value is -1.47. The fraction of sp³-hybridized carbons (Fsp3) is 0.538. The van der Waals surface area contributed by atoms with Crippen molar-refractivity contribution in [3.8, 4) is 0 Å². The molecule has 0 aliphatic carbocycles. The number of hydrogen-bond donors (Lipinski definition) is 1. The molecular formula is C13H19N3O3S. The highest BCUT2D eigenvalue weighted by molar-refractivity contribution is 7.88. The third-order valence-electron chi connectivity index (χ3n) is 3.37. The third-order valence-corrected chi connectivity index (χ3v) is 4.66. The first kappa shape index (κ1) is 14.9. The number of pyridine rings is 1. The molecular weight excluding hydrogens is 278 g/mol. The summed E-state index contributed by atoms with van der Waals surface area (Å²) in [6.07, 6.45) is 6.61. The molecule has 0 radical (unpaired) electrons. The van der Waals surface area contributed by atoms with E-state index in [0.717, 1.165) is 18.2 Å². The van der Waals surface area contributed by atoms with Crippen molar-refractivity contribution in [3.63, 3.8) is 0 Å². The molecule has 1 aliphatic heterocycles. The Morgan fingerprint density at radius 3 is 3.00 bits per heavy atom. The lowest BCUT2D eigenvalue weighted by atomic mass is 10.2. The summed E-state index contributed by atoms with van der Waals surface area (Å²) in [5.74, 6) is -0.211. The van der Waals surface area contributed by atoms with Gasteiger partial charge in [-0.05, 0) is 30.9 Å². The van der Waals surface area contributed by atoms with E-state index in [0.29, 0.717) is 25.9 Å². The van der Waals surface area contributed by atoms with Gasteiger partial charge in [0, 0.05) is 25.5 Å². The molecule has 1 atom stereocenters. The minimum atomic E-state index is -3.31. The van der Waals surface area contributed by atoms with Crippen molar-refractivity contribution in [3.05, 3.63) is 30.1 Å². The van der Waals surface area contributed by atoms with Crippen LogP contribution in [0.5, 0.6) is 0 Å². The summed E-state index contributed by atoms with van der Waals surface area (Å²) in [6.45, 7) is 0.915. The molecule has 1 N–H and O–H groups in total. The van der Waals surface area contributed by atoms with Gasteiger partial charge in [-0.15, -0.1) is 0 Å². The maximum Gasteiger partial charge on any atom is 0.238 e. The predicted octanol–water partition coefficient (Wildman–Crippen LogP) is 0.164. The van der Waals surface area contributed by atoms with Crippen molar-refractivity contribution in [1.29, 1.82) is 0 Å². The zero-order chi connectivity index (χ0) is 14.6. The Balaban J connectivity index is 1.86. The summed E-state index contributed by atoms with van der Waals surface area (Å²) < 4.78 is 24.4. The first-order valence-electron chi connectivity index (χ1n) is 6.62. The van der Waals surface area contributed by atoms with E-state index in [-0.39, 0.29) is 5.91 Å². The highest BCUT2D eigenvalue weighted by atomic mass is 32.2. The molecule has 1 aromatic heterocycles. The SMILES string of the molecule is CS(=O)(=O)N1CCCC1C(=O)NCCc1cccnc1. The van der Waals surface area contributed by atoms with E-state index in [9.17, 15) is 13.2 Å². The number of amides is 1. The first-order chi connectivity index (χ1) is 9.48. The smallest absolute Gasteiger partial charge is 0.238 e. The Morgan fingerprint density at radius 1 is 1.55 bits per heavy atom. The number of rotatable bonds is 5. The molecule has 1 fully saturated rings. The van der Waals surface area contributed by atoms with E-state index in [1.165, 1.54) is 4.31 Å². The number of nitrogens with zero attached hydrogens (tertiary/aromatic N) is 2. The van der Waals surface area contributed by atoms with E-state index in [1.54, 1.807) is 12.4 Å². The molecule has 0 aromatic carbocycles. The van der Waals surface area contributed by atoms with Crippen LogP contribution < -0.4 is 5.32 Å². The highest BCUT2D eigenvalue weighted by Crippen LogP contribution is 2.20. The van der Waals surface area contributed by atoms with Gasteiger partial charge in [0.05, 0.1) is 6.26 Å². The highest BCUT2D eigenvalue weighted by Gasteiger charge is 2.36. The van der Waals surface area contributed by atoms with Crippen molar-refractivity contribution >= 4 is 15.9 Å². The lowest BCUT2D eigenvalue weighted by Gasteiger charge is -2.21. The second kappa shape index (κ2) is 6.32. The monoisotopic (exact) mass is 297 g/mol. The molecule has 0 bridgehead atoms. The fourth-order valence-corrected chi connectivity index (χ4v) is 3.52. The lowest BCUT2D eigenvalue weighted by molar-refractivity contribution is -0.124. The van der Waals surface area contributed by atoms with Crippen LogP contribution in [-0.4, -0.2) is 49.0 Å². The molecule has 6 nitrogen and oxygen atoms in total. The number of sulfonamides is 1. The van der Waals surface area contributed by atoms with Gasteiger partial charge in [-0.1, -0.05) is 6.07 Å². The Labute approximate surface area is 119 Å². The van der Waals surface area contributed by atoms with Gasteiger partial charge < -0.3 is 5.32 Å². The quantitative estimate of drug-likeness (QED) is 0.840. The van der Waals surface area contributed by atoms with E-state index >= 15 is 0 Å². The number of hydrogen-bond acceptors (Lipinski definition) is 4. The molecule has 2 heterocycles. The van der Waals surface area contributed by atoms with Gasteiger partial charge in [0.25, 0.3) is 0 Å². The first-order valence-corrected chi connectivity index (χ1v) is 8.47. The molecule has 1 unspecified atom stereocenters. The average Bonchev–Trinajstić information content (AvgIpc) is 2.89. The summed E-state index contributed by atoms with van der Waals surface area (Å²) in [7, 11) is -3.31. The van der Waals surface area contributed by atoms with E-state index in [4.69, 9.17) is 0 Å². The van der Waals surface area contributed by atoms with Crippen LogP contribution >= 0.6 is 0 Å². The van der Waals surface area contributed by atoms with Crippen LogP contribution in [0.15, 0.2) is 24.5 Å². The summed E-state index contributed by atoms with van der Waals surface area (Å²) in [6, 6.07) is 3.23. The largest absolute Gasteiger partial charge is 0.354 e. The molecule has 0 spiro atoms. The van der Waals surface area contributed by atoms with Gasteiger partial charge in [0.15, 0.2) is 0 Å². The van der Waals surface area contributed by atoms with Gasteiger partial charge in [0.1, 0.15) is 6.04 Å². The summed E-state index contributed by atoms with van der Waals surface area (Å²) in [4.78, 5) is 16.1.